The molecular weight excluding hydrogens is 266 g/mol. The van der Waals surface area contributed by atoms with E-state index in [-0.39, 0.29) is 0 Å². The Labute approximate surface area is 103 Å². The van der Waals surface area contributed by atoms with Crippen molar-refractivity contribution in [3.8, 4) is 5.75 Å². The van der Waals surface area contributed by atoms with Gasteiger partial charge in [-0.15, -0.1) is 0 Å². The molecule has 0 aliphatic rings. The van der Waals surface area contributed by atoms with Gasteiger partial charge in [-0.05, 0) is 18.2 Å². The maximum Gasteiger partial charge on any atom is 0.121 e. The molecule has 0 radical (unpaired) electrons. The van der Waals surface area contributed by atoms with Crippen LogP contribution in [0.25, 0.3) is 0 Å². The van der Waals surface area contributed by atoms with Crippen molar-refractivity contribution in [2.24, 2.45) is 0 Å². The second-order valence-corrected chi connectivity index (χ2v) is 4.31. The summed E-state index contributed by atoms with van der Waals surface area (Å²) in [6.07, 6.45) is 0. The van der Waals surface area contributed by atoms with E-state index in [4.69, 9.17) is 10.5 Å². The first-order valence-corrected chi connectivity index (χ1v) is 5.77. The van der Waals surface area contributed by atoms with Crippen LogP contribution in [0.5, 0.6) is 5.75 Å². The van der Waals surface area contributed by atoms with Crippen LogP contribution in [-0.2, 0) is 6.61 Å². The summed E-state index contributed by atoms with van der Waals surface area (Å²) >= 11 is 3.48. The molecule has 2 N–H and O–H groups in total. The number of nitrogen functional groups attached to an aromatic ring is 1. The number of hydrogen-bond acceptors (Lipinski definition) is 2. The Morgan fingerprint density at radius 2 is 1.88 bits per heavy atom. The molecule has 0 aromatic heterocycles. The van der Waals surface area contributed by atoms with Crippen molar-refractivity contribution < 1.29 is 4.74 Å². The van der Waals surface area contributed by atoms with E-state index in [1.807, 2.05) is 48.5 Å². The number of rotatable bonds is 3. The Morgan fingerprint density at radius 3 is 2.62 bits per heavy atom. The summed E-state index contributed by atoms with van der Waals surface area (Å²) in [5, 5.41) is 0. The zero-order valence-electron chi connectivity index (χ0n) is 8.69. The molecule has 2 aromatic carbocycles. The minimum atomic E-state index is 0.533. The molecule has 0 fully saturated rings. The summed E-state index contributed by atoms with van der Waals surface area (Å²) in [5.74, 6) is 0.788. The average Bonchev–Trinajstić information content (AvgIpc) is 2.28. The van der Waals surface area contributed by atoms with E-state index in [0.717, 1.165) is 15.8 Å². The van der Waals surface area contributed by atoms with Gasteiger partial charge in [-0.2, -0.15) is 0 Å². The quantitative estimate of drug-likeness (QED) is 0.870. The molecule has 0 saturated carbocycles. The molecule has 0 saturated heterocycles. The molecule has 0 amide bonds. The molecule has 2 rings (SSSR count). The maximum atomic E-state index is 5.67. The van der Waals surface area contributed by atoms with Gasteiger partial charge in [-0.1, -0.05) is 40.2 Å². The summed E-state index contributed by atoms with van der Waals surface area (Å²) in [4.78, 5) is 0. The fraction of sp³-hybridized carbons (Fsp3) is 0.0769. The summed E-state index contributed by atoms with van der Waals surface area (Å²) < 4.78 is 6.70. The summed E-state index contributed by atoms with van der Waals surface area (Å²) in [6, 6.07) is 15.4. The summed E-state index contributed by atoms with van der Waals surface area (Å²) in [7, 11) is 0. The van der Waals surface area contributed by atoms with Crippen LogP contribution in [-0.4, -0.2) is 0 Å². The van der Waals surface area contributed by atoms with Crippen LogP contribution in [0, 0.1) is 0 Å². The Morgan fingerprint density at radius 1 is 1.06 bits per heavy atom. The lowest BCUT2D eigenvalue weighted by molar-refractivity contribution is 0.305. The van der Waals surface area contributed by atoms with Gasteiger partial charge in [0.2, 0.25) is 0 Å². The van der Waals surface area contributed by atoms with Crippen molar-refractivity contribution in [2.75, 3.05) is 5.73 Å². The Bertz CT molecular complexity index is 485. The fourth-order valence-electron chi connectivity index (χ4n) is 1.38. The van der Waals surface area contributed by atoms with Gasteiger partial charge < -0.3 is 10.5 Å². The molecule has 0 atom stereocenters. The van der Waals surface area contributed by atoms with E-state index in [9.17, 15) is 0 Å². The summed E-state index contributed by atoms with van der Waals surface area (Å²) in [6.45, 7) is 0.533. The lowest BCUT2D eigenvalue weighted by atomic mass is 10.2. The van der Waals surface area contributed by atoms with Crippen LogP contribution in [0.2, 0.25) is 0 Å². The molecule has 82 valence electrons. The largest absolute Gasteiger partial charge is 0.489 e. The molecule has 0 spiro atoms. The van der Waals surface area contributed by atoms with Gasteiger partial charge in [0.15, 0.2) is 0 Å². The van der Waals surface area contributed by atoms with E-state index < -0.39 is 0 Å². The highest BCUT2D eigenvalue weighted by atomic mass is 79.9. The first kappa shape index (κ1) is 11.0. The molecule has 0 aliphatic carbocycles. The van der Waals surface area contributed by atoms with Crippen molar-refractivity contribution in [2.45, 2.75) is 6.61 Å². The van der Waals surface area contributed by atoms with Crippen molar-refractivity contribution in [1.29, 1.82) is 0 Å². The first-order valence-electron chi connectivity index (χ1n) is 4.97. The van der Waals surface area contributed by atoms with Crippen LogP contribution < -0.4 is 10.5 Å². The number of halogens is 1. The van der Waals surface area contributed by atoms with Gasteiger partial charge in [-0.3, -0.25) is 0 Å². The molecule has 0 aliphatic heterocycles. The number of anilines is 1. The number of hydrogen-bond donors (Lipinski definition) is 1. The third kappa shape index (κ3) is 2.76. The topological polar surface area (TPSA) is 35.2 Å². The van der Waals surface area contributed by atoms with E-state index >= 15 is 0 Å². The predicted molar refractivity (Wildman–Crippen MR) is 69.3 cm³/mol. The third-order valence-corrected chi connectivity index (χ3v) is 2.98. The normalized spacial score (nSPS) is 10.1. The molecule has 0 unspecified atom stereocenters. The van der Waals surface area contributed by atoms with Gasteiger partial charge in [0.1, 0.15) is 12.4 Å². The van der Waals surface area contributed by atoms with Gasteiger partial charge in [0, 0.05) is 21.8 Å². The highest BCUT2D eigenvalue weighted by Crippen LogP contribution is 2.20. The SMILES string of the molecule is Nc1cccc(OCc2ccccc2Br)c1. The molecular formula is C13H12BrNO. The van der Waals surface area contributed by atoms with Crippen molar-refractivity contribution in [1.82, 2.24) is 0 Å². The second-order valence-electron chi connectivity index (χ2n) is 3.45. The number of benzene rings is 2. The van der Waals surface area contributed by atoms with E-state index in [0.29, 0.717) is 12.3 Å². The van der Waals surface area contributed by atoms with Crippen LogP contribution in [0.1, 0.15) is 5.56 Å². The van der Waals surface area contributed by atoms with Gasteiger partial charge >= 0.3 is 0 Å². The fourth-order valence-corrected chi connectivity index (χ4v) is 1.78. The van der Waals surface area contributed by atoms with Crippen LogP contribution >= 0.6 is 15.9 Å². The Balaban J connectivity index is 2.05. The molecule has 2 nitrogen and oxygen atoms in total. The lowest BCUT2D eigenvalue weighted by Gasteiger charge is -2.08. The molecule has 16 heavy (non-hydrogen) atoms. The van der Waals surface area contributed by atoms with Gasteiger partial charge in [-0.25, -0.2) is 0 Å². The highest BCUT2D eigenvalue weighted by molar-refractivity contribution is 9.10. The van der Waals surface area contributed by atoms with E-state index in [1.165, 1.54) is 0 Å². The number of ether oxygens (including phenoxy) is 1. The van der Waals surface area contributed by atoms with Crippen LogP contribution in [0.3, 0.4) is 0 Å². The van der Waals surface area contributed by atoms with Crippen molar-refractivity contribution >= 4 is 21.6 Å². The van der Waals surface area contributed by atoms with Crippen LogP contribution in [0.15, 0.2) is 53.0 Å². The first-order chi connectivity index (χ1) is 7.75. The monoisotopic (exact) mass is 277 g/mol. The van der Waals surface area contributed by atoms with E-state index in [1.54, 1.807) is 0 Å². The zero-order chi connectivity index (χ0) is 11.4. The standard InChI is InChI=1S/C13H12BrNO/c14-13-7-2-1-4-10(13)9-16-12-6-3-5-11(15)8-12/h1-8H,9,15H2. The minimum Gasteiger partial charge on any atom is -0.489 e. The second kappa shape index (κ2) is 5.03. The number of nitrogens with two attached hydrogens (primary N) is 1. The highest BCUT2D eigenvalue weighted by Gasteiger charge is 1.99. The minimum absolute atomic E-state index is 0.533. The predicted octanol–water partition coefficient (Wildman–Crippen LogP) is 3.61. The van der Waals surface area contributed by atoms with Crippen molar-refractivity contribution in [3.63, 3.8) is 0 Å². The Kier molecular flexibility index (Phi) is 3.47. The molecule has 0 bridgehead atoms. The third-order valence-electron chi connectivity index (χ3n) is 2.21. The molecule has 2 aromatic rings. The van der Waals surface area contributed by atoms with Gasteiger partial charge in [0.25, 0.3) is 0 Å². The van der Waals surface area contributed by atoms with Crippen molar-refractivity contribution in [3.05, 3.63) is 58.6 Å². The lowest BCUT2D eigenvalue weighted by Crippen LogP contribution is -1.96. The Hall–Kier alpha value is -1.48. The molecule has 3 heteroatoms. The van der Waals surface area contributed by atoms with Gasteiger partial charge in [0.05, 0.1) is 0 Å². The maximum absolute atomic E-state index is 5.67. The van der Waals surface area contributed by atoms with E-state index in [2.05, 4.69) is 15.9 Å². The van der Waals surface area contributed by atoms with Crippen LogP contribution in [0.4, 0.5) is 5.69 Å². The molecule has 0 heterocycles. The zero-order valence-corrected chi connectivity index (χ0v) is 10.3. The smallest absolute Gasteiger partial charge is 0.121 e. The summed E-state index contributed by atoms with van der Waals surface area (Å²) in [5.41, 5.74) is 7.50. The average molecular weight is 278 g/mol.